The maximum Gasteiger partial charge on any atom is 0.238 e. The third-order valence-corrected chi connectivity index (χ3v) is 7.95. The van der Waals surface area contributed by atoms with Crippen molar-refractivity contribution in [1.29, 1.82) is 0 Å². The van der Waals surface area contributed by atoms with E-state index in [9.17, 15) is 4.79 Å². The predicted octanol–water partition coefficient (Wildman–Crippen LogP) is 5.80. The van der Waals surface area contributed by atoms with Gasteiger partial charge in [-0.1, -0.05) is 66.7 Å². The molecule has 1 amide bonds. The molecule has 0 radical (unpaired) electrons. The van der Waals surface area contributed by atoms with Gasteiger partial charge in [0.15, 0.2) is 11.5 Å². The number of ether oxygens (including phenoxy) is 4. The second-order valence-electron chi connectivity index (χ2n) is 10.3. The molecule has 2 unspecified atom stereocenters. The molecule has 6 rings (SSSR count). The highest BCUT2D eigenvalue weighted by Crippen LogP contribution is 2.50. The van der Waals surface area contributed by atoms with Crippen molar-refractivity contribution in [2.24, 2.45) is 0 Å². The van der Waals surface area contributed by atoms with E-state index in [2.05, 4.69) is 12.1 Å². The maximum absolute atomic E-state index is 14.5. The normalized spacial score (nSPS) is 19.4. The summed E-state index contributed by atoms with van der Waals surface area (Å²) in [4.78, 5) is 16.5. The summed E-state index contributed by atoms with van der Waals surface area (Å²) in [6, 6.07) is 31.9. The highest BCUT2D eigenvalue weighted by molar-refractivity contribution is 5.94. The van der Waals surface area contributed by atoms with Crippen molar-refractivity contribution in [3.63, 3.8) is 0 Å². The number of hydrogen-bond acceptors (Lipinski definition) is 5. The van der Waals surface area contributed by atoms with E-state index >= 15 is 0 Å². The Morgan fingerprint density at radius 2 is 1.60 bits per heavy atom. The molecular formula is C34H33NO5. The first-order valence-electron chi connectivity index (χ1n) is 13.6. The summed E-state index contributed by atoms with van der Waals surface area (Å²) in [6.07, 6.45) is 1.18. The number of amides is 1. The summed E-state index contributed by atoms with van der Waals surface area (Å²) in [5.74, 6) is 2.94. The van der Waals surface area contributed by atoms with Gasteiger partial charge >= 0.3 is 0 Å². The van der Waals surface area contributed by atoms with Crippen LogP contribution in [0.5, 0.6) is 23.0 Å². The Bertz CT molecular complexity index is 1490. The molecule has 204 valence electrons. The highest BCUT2D eigenvalue weighted by Gasteiger charge is 2.54. The quantitative estimate of drug-likeness (QED) is 0.271. The largest absolute Gasteiger partial charge is 0.493 e. The Hall–Kier alpha value is -4.45. The molecule has 2 heterocycles. The molecule has 40 heavy (non-hydrogen) atoms. The lowest BCUT2D eigenvalue weighted by Crippen LogP contribution is -2.60. The number of hydrogen-bond donors (Lipinski definition) is 0. The van der Waals surface area contributed by atoms with Gasteiger partial charge in [-0.15, -0.1) is 0 Å². The van der Waals surface area contributed by atoms with E-state index in [0.717, 1.165) is 33.8 Å². The monoisotopic (exact) mass is 535 g/mol. The number of nitrogens with zero attached hydrogens (tertiary/aromatic N) is 1. The van der Waals surface area contributed by atoms with E-state index < -0.39 is 5.41 Å². The van der Waals surface area contributed by atoms with Crippen molar-refractivity contribution in [2.75, 3.05) is 27.3 Å². The van der Waals surface area contributed by atoms with E-state index in [-0.39, 0.29) is 12.0 Å². The van der Waals surface area contributed by atoms with E-state index in [1.54, 1.807) is 14.2 Å². The molecular weight excluding hydrogens is 502 g/mol. The molecule has 4 aromatic carbocycles. The Morgan fingerprint density at radius 3 is 2.35 bits per heavy atom. The zero-order valence-electron chi connectivity index (χ0n) is 22.8. The molecule has 0 spiro atoms. The van der Waals surface area contributed by atoms with Crippen LogP contribution >= 0.6 is 0 Å². The SMILES string of the molecule is COc1ccc(CCN2CC3CC(c4ccccc4)(C2=O)c2cc(OCc4ccccc4)ccc2O3)cc1OC. The van der Waals surface area contributed by atoms with Gasteiger partial charge in [-0.3, -0.25) is 4.79 Å². The van der Waals surface area contributed by atoms with Crippen LogP contribution in [0.15, 0.2) is 97.1 Å². The Balaban J connectivity index is 1.32. The van der Waals surface area contributed by atoms with Crippen molar-refractivity contribution in [2.45, 2.75) is 31.0 Å². The zero-order chi connectivity index (χ0) is 27.5. The minimum Gasteiger partial charge on any atom is -0.493 e. The molecule has 1 fully saturated rings. The molecule has 2 bridgehead atoms. The predicted molar refractivity (Wildman–Crippen MR) is 153 cm³/mol. The second kappa shape index (κ2) is 11.0. The van der Waals surface area contributed by atoms with E-state index in [1.807, 2.05) is 89.8 Å². The molecule has 6 nitrogen and oxygen atoms in total. The molecule has 2 aliphatic heterocycles. The summed E-state index contributed by atoms with van der Waals surface area (Å²) in [7, 11) is 3.26. The van der Waals surface area contributed by atoms with Crippen LogP contribution in [-0.2, 0) is 23.2 Å². The van der Waals surface area contributed by atoms with Crippen LogP contribution in [0.25, 0.3) is 0 Å². The summed E-state index contributed by atoms with van der Waals surface area (Å²) < 4.78 is 23.5. The second-order valence-corrected chi connectivity index (χ2v) is 10.3. The van der Waals surface area contributed by atoms with Gasteiger partial charge in [0.1, 0.15) is 29.6 Å². The first kappa shape index (κ1) is 25.8. The van der Waals surface area contributed by atoms with Crippen molar-refractivity contribution in [3.8, 4) is 23.0 Å². The Morgan fingerprint density at radius 1 is 0.850 bits per heavy atom. The molecule has 0 N–H and O–H groups in total. The Kier molecular flexibility index (Phi) is 7.08. The van der Waals surface area contributed by atoms with E-state index in [0.29, 0.717) is 44.0 Å². The van der Waals surface area contributed by atoms with Crippen molar-refractivity contribution in [3.05, 3.63) is 119 Å². The summed E-state index contributed by atoms with van der Waals surface area (Å²) >= 11 is 0. The van der Waals surface area contributed by atoms with Crippen LogP contribution < -0.4 is 18.9 Å². The van der Waals surface area contributed by atoms with Crippen molar-refractivity contribution >= 4 is 5.91 Å². The molecule has 4 aromatic rings. The highest BCUT2D eigenvalue weighted by atomic mass is 16.5. The number of piperidine rings is 1. The lowest BCUT2D eigenvalue weighted by molar-refractivity contribution is -0.144. The molecule has 2 aliphatic rings. The van der Waals surface area contributed by atoms with Gasteiger partial charge in [0.2, 0.25) is 5.91 Å². The van der Waals surface area contributed by atoms with Gasteiger partial charge < -0.3 is 23.8 Å². The zero-order valence-corrected chi connectivity index (χ0v) is 22.8. The fourth-order valence-corrected chi connectivity index (χ4v) is 5.96. The van der Waals surface area contributed by atoms with Crippen molar-refractivity contribution in [1.82, 2.24) is 4.90 Å². The molecule has 0 aromatic heterocycles. The molecule has 6 heteroatoms. The van der Waals surface area contributed by atoms with E-state index in [4.69, 9.17) is 18.9 Å². The summed E-state index contributed by atoms with van der Waals surface area (Å²) in [6.45, 7) is 1.57. The minimum atomic E-state index is -0.846. The van der Waals surface area contributed by atoms with Gasteiger partial charge in [0, 0.05) is 18.5 Å². The first-order valence-corrected chi connectivity index (χ1v) is 13.6. The molecule has 2 atom stereocenters. The number of likely N-dealkylation sites (tertiary alicyclic amines) is 1. The number of rotatable bonds is 9. The average Bonchev–Trinajstić information content (AvgIpc) is 3.01. The molecule has 0 saturated carbocycles. The van der Waals surface area contributed by atoms with Gasteiger partial charge in [0.05, 0.1) is 20.8 Å². The third kappa shape index (κ3) is 4.75. The van der Waals surface area contributed by atoms with Crippen LogP contribution in [0.1, 0.15) is 28.7 Å². The minimum absolute atomic E-state index is 0.0974. The number of carbonyl (C=O) groups is 1. The number of methoxy groups -OCH3 is 2. The number of benzene rings is 4. The summed E-state index contributed by atoms with van der Waals surface area (Å²) in [5.41, 5.74) is 3.16. The fraction of sp³-hybridized carbons (Fsp3) is 0.265. The Labute approximate surface area is 235 Å². The van der Waals surface area contributed by atoms with E-state index in [1.165, 1.54) is 0 Å². The van der Waals surface area contributed by atoms with Crippen LogP contribution in [0.4, 0.5) is 0 Å². The standard InChI is InChI=1S/C34H33NO5/c1-37-31-15-13-24(19-32(31)38-2)17-18-35-22-28-21-34(33(35)36,26-11-7-4-8-12-26)29-20-27(14-16-30(29)40-28)39-23-25-9-5-3-6-10-25/h3-16,19-20,28H,17-18,21-23H2,1-2H3. The van der Waals surface area contributed by atoms with Crippen LogP contribution in [-0.4, -0.2) is 44.2 Å². The maximum atomic E-state index is 14.5. The average molecular weight is 536 g/mol. The van der Waals surface area contributed by atoms with Crippen LogP contribution in [0, 0.1) is 0 Å². The van der Waals surface area contributed by atoms with Crippen LogP contribution in [0.2, 0.25) is 0 Å². The lowest BCUT2D eigenvalue weighted by atomic mass is 9.66. The number of fused-ring (bicyclic) bond motifs is 4. The van der Waals surface area contributed by atoms with Crippen LogP contribution in [0.3, 0.4) is 0 Å². The molecule has 1 saturated heterocycles. The van der Waals surface area contributed by atoms with Gasteiger partial charge in [0.25, 0.3) is 0 Å². The summed E-state index contributed by atoms with van der Waals surface area (Å²) in [5, 5.41) is 0. The molecule has 0 aliphatic carbocycles. The first-order chi connectivity index (χ1) is 19.6. The van der Waals surface area contributed by atoms with Gasteiger partial charge in [-0.25, -0.2) is 0 Å². The fourth-order valence-electron chi connectivity index (χ4n) is 5.96. The van der Waals surface area contributed by atoms with Crippen molar-refractivity contribution < 1.29 is 23.7 Å². The smallest absolute Gasteiger partial charge is 0.238 e. The topological polar surface area (TPSA) is 57.2 Å². The van der Waals surface area contributed by atoms with Gasteiger partial charge in [-0.2, -0.15) is 0 Å². The third-order valence-electron chi connectivity index (χ3n) is 7.95. The number of carbonyl (C=O) groups excluding carboxylic acids is 1. The lowest BCUT2D eigenvalue weighted by Gasteiger charge is -2.49. The van der Waals surface area contributed by atoms with Gasteiger partial charge in [-0.05, 0) is 53.4 Å².